The van der Waals surface area contributed by atoms with Crippen molar-refractivity contribution in [1.82, 2.24) is 5.16 Å². The van der Waals surface area contributed by atoms with Gasteiger partial charge in [-0.2, -0.15) is 0 Å². The Balaban J connectivity index is 1.89. The summed E-state index contributed by atoms with van der Waals surface area (Å²) >= 11 is 0. The lowest BCUT2D eigenvalue weighted by Gasteiger charge is -2.08. The van der Waals surface area contributed by atoms with Gasteiger partial charge in [0.25, 0.3) is 0 Å². The number of hydrogen-bond acceptors (Lipinski definition) is 4. The number of aryl methyl sites for hydroxylation is 1. The molecule has 5 heteroatoms. The minimum atomic E-state index is -0.770. The second-order valence-electron chi connectivity index (χ2n) is 4.92. The normalized spacial score (nSPS) is 12.1. The minimum Gasteiger partial charge on any atom is -0.481 e. The first-order chi connectivity index (χ1) is 9.54. The summed E-state index contributed by atoms with van der Waals surface area (Å²) in [6, 6.07) is 9.65. The van der Waals surface area contributed by atoms with Crippen molar-refractivity contribution in [1.29, 1.82) is 0 Å². The zero-order valence-corrected chi connectivity index (χ0v) is 11.6. The first-order valence-corrected chi connectivity index (χ1v) is 6.52. The SMILES string of the molecule is Cc1cc(CNc2ccc(CC(C)C(=O)O)cc2)no1. The Labute approximate surface area is 117 Å². The number of hydrogen-bond donors (Lipinski definition) is 2. The van der Waals surface area contributed by atoms with Gasteiger partial charge in [0.2, 0.25) is 0 Å². The molecule has 1 aromatic heterocycles. The van der Waals surface area contributed by atoms with Crippen molar-refractivity contribution in [2.24, 2.45) is 5.92 Å². The molecule has 0 radical (unpaired) electrons. The maximum Gasteiger partial charge on any atom is 0.306 e. The van der Waals surface area contributed by atoms with Crippen molar-refractivity contribution >= 4 is 11.7 Å². The molecule has 1 aromatic carbocycles. The maximum absolute atomic E-state index is 10.8. The monoisotopic (exact) mass is 274 g/mol. The summed E-state index contributed by atoms with van der Waals surface area (Å²) in [5.41, 5.74) is 2.84. The summed E-state index contributed by atoms with van der Waals surface area (Å²) in [7, 11) is 0. The Morgan fingerprint density at radius 3 is 2.65 bits per heavy atom. The van der Waals surface area contributed by atoms with Crippen molar-refractivity contribution in [3.05, 3.63) is 47.3 Å². The molecular weight excluding hydrogens is 256 g/mol. The van der Waals surface area contributed by atoms with Crippen LogP contribution < -0.4 is 5.32 Å². The number of anilines is 1. The second-order valence-corrected chi connectivity index (χ2v) is 4.92. The highest BCUT2D eigenvalue weighted by Crippen LogP contribution is 2.14. The maximum atomic E-state index is 10.8. The van der Waals surface area contributed by atoms with Crippen LogP contribution in [0.1, 0.15) is 23.9 Å². The number of carboxylic acids is 1. The van der Waals surface area contributed by atoms with E-state index in [-0.39, 0.29) is 5.92 Å². The number of aromatic nitrogens is 1. The van der Waals surface area contributed by atoms with Crippen LogP contribution >= 0.6 is 0 Å². The van der Waals surface area contributed by atoms with Gasteiger partial charge in [-0.05, 0) is 31.0 Å². The van der Waals surface area contributed by atoms with Gasteiger partial charge in [0.1, 0.15) is 11.5 Å². The van der Waals surface area contributed by atoms with Crippen molar-refractivity contribution < 1.29 is 14.4 Å². The lowest BCUT2D eigenvalue weighted by atomic mass is 10.0. The molecular formula is C15H18N2O3. The number of rotatable bonds is 6. The van der Waals surface area contributed by atoms with E-state index in [0.29, 0.717) is 13.0 Å². The molecule has 0 amide bonds. The van der Waals surface area contributed by atoms with Gasteiger partial charge < -0.3 is 14.9 Å². The quantitative estimate of drug-likeness (QED) is 0.847. The van der Waals surface area contributed by atoms with E-state index in [4.69, 9.17) is 9.63 Å². The fraction of sp³-hybridized carbons (Fsp3) is 0.333. The summed E-state index contributed by atoms with van der Waals surface area (Å²) in [5, 5.41) is 16.0. The molecule has 20 heavy (non-hydrogen) atoms. The third-order valence-electron chi connectivity index (χ3n) is 3.07. The predicted molar refractivity (Wildman–Crippen MR) is 75.5 cm³/mol. The highest BCUT2D eigenvalue weighted by Gasteiger charge is 2.11. The third-order valence-corrected chi connectivity index (χ3v) is 3.07. The second kappa shape index (κ2) is 6.23. The Bertz CT molecular complexity index is 575. The van der Waals surface area contributed by atoms with Gasteiger partial charge >= 0.3 is 5.97 Å². The number of benzene rings is 1. The number of carboxylic acid groups (broad SMARTS) is 1. The first kappa shape index (κ1) is 14.1. The van der Waals surface area contributed by atoms with Crippen molar-refractivity contribution in [3.63, 3.8) is 0 Å². The number of nitrogens with zero attached hydrogens (tertiary/aromatic N) is 1. The molecule has 106 valence electrons. The van der Waals surface area contributed by atoms with E-state index >= 15 is 0 Å². The number of nitrogens with one attached hydrogen (secondary N) is 1. The van der Waals surface area contributed by atoms with Gasteiger partial charge in [0, 0.05) is 11.8 Å². The van der Waals surface area contributed by atoms with Crippen LogP contribution in [0.5, 0.6) is 0 Å². The summed E-state index contributed by atoms with van der Waals surface area (Å²) in [6.07, 6.45) is 0.540. The summed E-state index contributed by atoms with van der Waals surface area (Å²) in [6.45, 7) is 4.17. The number of carbonyl (C=O) groups is 1. The molecule has 0 aliphatic heterocycles. The molecule has 1 unspecified atom stereocenters. The number of aliphatic carboxylic acids is 1. The van der Waals surface area contributed by atoms with E-state index in [9.17, 15) is 4.79 Å². The zero-order chi connectivity index (χ0) is 14.5. The summed E-state index contributed by atoms with van der Waals surface area (Å²) < 4.78 is 4.99. The molecule has 0 saturated carbocycles. The predicted octanol–water partition coefficient (Wildman–Crippen LogP) is 2.86. The average molecular weight is 274 g/mol. The minimum absolute atomic E-state index is 0.369. The molecule has 2 rings (SSSR count). The fourth-order valence-corrected chi connectivity index (χ4v) is 1.89. The van der Waals surface area contributed by atoms with Gasteiger partial charge in [-0.3, -0.25) is 4.79 Å². The van der Waals surface area contributed by atoms with Crippen molar-refractivity contribution in [2.45, 2.75) is 26.8 Å². The molecule has 0 saturated heterocycles. The molecule has 5 nitrogen and oxygen atoms in total. The van der Waals surface area contributed by atoms with Gasteiger partial charge in [0.05, 0.1) is 12.5 Å². The Morgan fingerprint density at radius 2 is 2.10 bits per heavy atom. The topological polar surface area (TPSA) is 75.4 Å². The van der Waals surface area contributed by atoms with E-state index in [1.165, 1.54) is 0 Å². The van der Waals surface area contributed by atoms with Crippen LogP contribution in [0.3, 0.4) is 0 Å². The lowest BCUT2D eigenvalue weighted by Crippen LogP contribution is -2.12. The fourth-order valence-electron chi connectivity index (χ4n) is 1.89. The Morgan fingerprint density at radius 1 is 1.40 bits per heavy atom. The van der Waals surface area contributed by atoms with Crippen LogP contribution in [0.15, 0.2) is 34.9 Å². The van der Waals surface area contributed by atoms with Gasteiger partial charge in [-0.1, -0.05) is 24.2 Å². The standard InChI is InChI=1S/C15H18N2O3/c1-10(15(18)19)7-12-3-5-13(6-4-12)16-9-14-8-11(2)20-17-14/h3-6,8,10,16H,7,9H2,1-2H3,(H,18,19). The summed E-state index contributed by atoms with van der Waals surface area (Å²) in [4.78, 5) is 10.8. The van der Waals surface area contributed by atoms with Gasteiger partial charge in [-0.25, -0.2) is 0 Å². The molecule has 0 aliphatic rings. The molecule has 0 fully saturated rings. The smallest absolute Gasteiger partial charge is 0.306 e. The zero-order valence-electron chi connectivity index (χ0n) is 11.6. The Hall–Kier alpha value is -2.30. The molecule has 0 aliphatic carbocycles. The molecule has 1 atom stereocenters. The van der Waals surface area contributed by atoms with Crippen LogP contribution in [0.4, 0.5) is 5.69 Å². The van der Waals surface area contributed by atoms with Crippen LogP contribution in [0.25, 0.3) is 0 Å². The highest BCUT2D eigenvalue weighted by atomic mass is 16.5. The molecule has 0 bridgehead atoms. The van der Waals surface area contributed by atoms with Crippen molar-refractivity contribution in [3.8, 4) is 0 Å². The highest BCUT2D eigenvalue weighted by molar-refractivity contribution is 5.69. The van der Waals surface area contributed by atoms with E-state index in [2.05, 4.69) is 10.5 Å². The molecule has 2 N–H and O–H groups in total. The molecule has 1 heterocycles. The van der Waals surface area contributed by atoms with Crippen LogP contribution in [-0.4, -0.2) is 16.2 Å². The van der Waals surface area contributed by atoms with Crippen molar-refractivity contribution in [2.75, 3.05) is 5.32 Å². The van der Waals surface area contributed by atoms with E-state index in [1.807, 2.05) is 37.3 Å². The average Bonchev–Trinajstić information content (AvgIpc) is 2.83. The first-order valence-electron chi connectivity index (χ1n) is 6.52. The van der Waals surface area contributed by atoms with Gasteiger partial charge in [0.15, 0.2) is 0 Å². The van der Waals surface area contributed by atoms with Gasteiger partial charge in [-0.15, -0.1) is 0 Å². The molecule has 0 spiro atoms. The van der Waals surface area contributed by atoms with Crippen LogP contribution in [0, 0.1) is 12.8 Å². The largest absolute Gasteiger partial charge is 0.481 e. The summed E-state index contributed by atoms with van der Waals surface area (Å²) in [5.74, 6) is -0.347. The third kappa shape index (κ3) is 3.85. The van der Waals surface area contributed by atoms with Crippen LogP contribution in [-0.2, 0) is 17.8 Å². The lowest BCUT2D eigenvalue weighted by molar-refractivity contribution is -0.141. The van der Waals surface area contributed by atoms with E-state index < -0.39 is 5.97 Å². The Kier molecular flexibility index (Phi) is 4.40. The molecule has 2 aromatic rings. The van der Waals surface area contributed by atoms with E-state index in [0.717, 1.165) is 22.7 Å². The van der Waals surface area contributed by atoms with Crippen LogP contribution in [0.2, 0.25) is 0 Å². The van der Waals surface area contributed by atoms with E-state index in [1.54, 1.807) is 6.92 Å².